The fourth-order valence-corrected chi connectivity index (χ4v) is 3.39. The lowest BCUT2D eigenvalue weighted by molar-refractivity contribution is 0.180. The summed E-state index contributed by atoms with van der Waals surface area (Å²) in [7, 11) is 3.89. The third-order valence-corrected chi connectivity index (χ3v) is 4.89. The summed E-state index contributed by atoms with van der Waals surface area (Å²) in [4.78, 5) is 9.63. The fourth-order valence-electron chi connectivity index (χ4n) is 3.39. The monoisotopic (exact) mass is 379 g/mol. The molecule has 2 rings (SSSR count). The maximum atomic E-state index is 5.69. The first-order valence-electron chi connectivity index (χ1n) is 10.2. The molecule has 0 bridgehead atoms. The third kappa shape index (κ3) is 7.91. The summed E-state index contributed by atoms with van der Waals surface area (Å²) in [6.07, 6.45) is 5.33. The van der Waals surface area contributed by atoms with Crippen molar-refractivity contribution < 1.29 is 9.15 Å². The number of hydrogen-bond acceptors (Lipinski definition) is 5. The predicted octanol–water partition coefficient (Wildman–Crippen LogP) is 1.94. The van der Waals surface area contributed by atoms with E-state index in [-0.39, 0.29) is 6.04 Å². The van der Waals surface area contributed by atoms with Crippen LogP contribution < -0.4 is 10.6 Å². The van der Waals surface area contributed by atoms with Crippen LogP contribution in [0.3, 0.4) is 0 Å². The lowest BCUT2D eigenvalue weighted by Gasteiger charge is -2.25. The van der Waals surface area contributed by atoms with E-state index in [0.29, 0.717) is 6.54 Å². The molecule has 1 saturated heterocycles. The van der Waals surface area contributed by atoms with E-state index in [2.05, 4.69) is 40.5 Å². The molecule has 2 heterocycles. The van der Waals surface area contributed by atoms with Crippen molar-refractivity contribution in [2.75, 3.05) is 66.6 Å². The summed E-state index contributed by atoms with van der Waals surface area (Å²) in [5.74, 6) is 1.88. The van der Waals surface area contributed by atoms with Crippen LogP contribution in [0.25, 0.3) is 0 Å². The van der Waals surface area contributed by atoms with Crippen LogP contribution in [-0.2, 0) is 4.74 Å². The van der Waals surface area contributed by atoms with Gasteiger partial charge in [0.25, 0.3) is 0 Å². The van der Waals surface area contributed by atoms with E-state index in [1.165, 1.54) is 12.8 Å². The first-order valence-corrected chi connectivity index (χ1v) is 10.2. The highest BCUT2D eigenvalue weighted by molar-refractivity contribution is 5.79. The van der Waals surface area contributed by atoms with Gasteiger partial charge in [-0.25, -0.2) is 0 Å². The topological polar surface area (TPSA) is 65.3 Å². The molecule has 0 radical (unpaired) electrons. The van der Waals surface area contributed by atoms with E-state index in [1.54, 1.807) is 13.4 Å². The van der Waals surface area contributed by atoms with Crippen molar-refractivity contribution in [2.24, 2.45) is 4.99 Å². The molecule has 1 aliphatic rings. The maximum absolute atomic E-state index is 5.69. The maximum Gasteiger partial charge on any atom is 0.191 e. The Labute approximate surface area is 164 Å². The molecule has 0 amide bonds. The van der Waals surface area contributed by atoms with Gasteiger partial charge in [-0.05, 0) is 58.5 Å². The van der Waals surface area contributed by atoms with Crippen LogP contribution in [-0.4, -0.2) is 82.3 Å². The molecular weight excluding hydrogens is 342 g/mol. The summed E-state index contributed by atoms with van der Waals surface area (Å²) in [6.45, 7) is 9.58. The van der Waals surface area contributed by atoms with Crippen molar-refractivity contribution in [1.29, 1.82) is 0 Å². The summed E-state index contributed by atoms with van der Waals surface area (Å²) < 4.78 is 10.8. The molecule has 0 aromatic carbocycles. The smallest absolute Gasteiger partial charge is 0.191 e. The molecule has 1 fully saturated rings. The molecule has 1 aromatic heterocycles. The SMILES string of the molecule is CCNC(=NCC(c1ccco1)N1CCCC1)NCCN(C)CCCOC. The summed E-state index contributed by atoms with van der Waals surface area (Å²) in [5.41, 5.74) is 0. The number of nitrogens with one attached hydrogen (secondary N) is 2. The zero-order valence-electron chi connectivity index (χ0n) is 17.2. The summed E-state index contributed by atoms with van der Waals surface area (Å²) >= 11 is 0. The van der Waals surface area contributed by atoms with Crippen molar-refractivity contribution in [2.45, 2.75) is 32.2 Å². The molecular formula is C20H37N5O2. The van der Waals surface area contributed by atoms with Gasteiger partial charge in [0.15, 0.2) is 5.96 Å². The Morgan fingerprint density at radius 3 is 2.81 bits per heavy atom. The number of likely N-dealkylation sites (N-methyl/N-ethyl adjacent to an activating group) is 1. The Morgan fingerprint density at radius 1 is 1.33 bits per heavy atom. The van der Waals surface area contributed by atoms with Gasteiger partial charge >= 0.3 is 0 Å². The Morgan fingerprint density at radius 2 is 2.15 bits per heavy atom. The molecule has 0 spiro atoms. The Kier molecular flexibility index (Phi) is 10.3. The minimum Gasteiger partial charge on any atom is -0.468 e. The minimum atomic E-state index is 0.217. The quantitative estimate of drug-likeness (QED) is 0.329. The van der Waals surface area contributed by atoms with Crippen LogP contribution >= 0.6 is 0 Å². The molecule has 0 saturated carbocycles. The van der Waals surface area contributed by atoms with E-state index >= 15 is 0 Å². The third-order valence-electron chi connectivity index (χ3n) is 4.89. The van der Waals surface area contributed by atoms with E-state index in [1.807, 2.05) is 6.07 Å². The average molecular weight is 380 g/mol. The van der Waals surface area contributed by atoms with E-state index in [0.717, 1.165) is 64.0 Å². The lowest BCUT2D eigenvalue weighted by atomic mass is 10.2. The zero-order valence-corrected chi connectivity index (χ0v) is 17.2. The molecule has 1 aliphatic heterocycles. The molecule has 27 heavy (non-hydrogen) atoms. The first-order chi connectivity index (χ1) is 13.2. The molecule has 1 aromatic rings. The first kappa shape index (κ1) is 21.7. The predicted molar refractivity (Wildman–Crippen MR) is 110 cm³/mol. The summed E-state index contributed by atoms with van der Waals surface area (Å²) in [5, 5.41) is 6.80. The molecule has 7 nitrogen and oxygen atoms in total. The Hall–Kier alpha value is -1.57. The number of guanidine groups is 1. The highest BCUT2D eigenvalue weighted by atomic mass is 16.5. The second-order valence-electron chi connectivity index (χ2n) is 7.07. The number of hydrogen-bond donors (Lipinski definition) is 2. The van der Waals surface area contributed by atoms with Gasteiger partial charge in [0.1, 0.15) is 5.76 Å². The molecule has 0 aliphatic carbocycles. The highest BCUT2D eigenvalue weighted by Crippen LogP contribution is 2.25. The number of nitrogens with zero attached hydrogens (tertiary/aromatic N) is 3. The van der Waals surface area contributed by atoms with Crippen molar-refractivity contribution in [3.63, 3.8) is 0 Å². The van der Waals surface area contributed by atoms with Crippen LogP contribution in [0.5, 0.6) is 0 Å². The summed E-state index contributed by atoms with van der Waals surface area (Å²) in [6, 6.07) is 4.24. The van der Waals surface area contributed by atoms with Crippen LogP contribution in [0.2, 0.25) is 0 Å². The normalized spacial score (nSPS) is 16.8. The van der Waals surface area contributed by atoms with E-state index in [9.17, 15) is 0 Å². The number of aliphatic imine (C=N–C) groups is 1. The van der Waals surface area contributed by atoms with E-state index in [4.69, 9.17) is 14.1 Å². The number of likely N-dealkylation sites (tertiary alicyclic amines) is 1. The Balaban J connectivity index is 1.84. The second-order valence-corrected chi connectivity index (χ2v) is 7.07. The average Bonchev–Trinajstić information content (AvgIpc) is 3.36. The standard InChI is InChI=1S/C20H37N5O2/c1-4-21-20(22-10-14-24(2)11-8-15-26-3)23-17-18(19-9-7-16-27-19)25-12-5-6-13-25/h7,9,16,18H,4-6,8,10-15,17H2,1-3H3,(H2,21,22,23). The fraction of sp³-hybridized carbons (Fsp3) is 0.750. The number of ether oxygens (including phenoxy) is 1. The van der Waals surface area contributed by atoms with Gasteiger partial charge in [-0.3, -0.25) is 9.89 Å². The minimum absolute atomic E-state index is 0.217. The molecule has 154 valence electrons. The lowest BCUT2D eigenvalue weighted by Crippen LogP contribution is -2.41. The van der Waals surface area contributed by atoms with Crippen LogP contribution in [0.1, 0.15) is 38.0 Å². The van der Waals surface area contributed by atoms with Gasteiger partial charge in [0, 0.05) is 39.9 Å². The van der Waals surface area contributed by atoms with Gasteiger partial charge in [-0.15, -0.1) is 0 Å². The van der Waals surface area contributed by atoms with Gasteiger partial charge in [-0.1, -0.05) is 0 Å². The van der Waals surface area contributed by atoms with Crippen molar-refractivity contribution in [3.8, 4) is 0 Å². The second kappa shape index (κ2) is 12.8. The number of rotatable bonds is 12. The van der Waals surface area contributed by atoms with Crippen LogP contribution in [0.4, 0.5) is 0 Å². The largest absolute Gasteiger partial charge is 0.468 e. The molecule has 7 heteroatoms. The highest BCUT2D eigenvalue weighted by Gasteiger charge is 2.25. The molecule has 1 unspecified atom stereocenters. The van der Waals surface area contributed by atoms with Gasteiger partial charge < -0.3 is 24.7 Å². The van der Waals surface area contributed by atoms with Crippen LogP contribution in [0.15, 0.2) is 27.8 Å². The number of furan rings is 1. The van der Waals surface area contributed by atoms with E-state index < -0.39 is 0 Å². The molecule has 1 atom stereocenters. The van der Waals surface area contributed by atoms with Gasteiger partial charge in [-0.2, -0.15) is 0 Å². The van der Waals surface area contributed by atoms with Crippen molar-refractivity contribution in [3.05, 3.63) is 24.2 Å². The van der Waals surface area contributed by atoms with Gasteiger partial charge in [0.2, 0.25) is 0 Å². The van der Waals surface area contributed by atoms with Gasteiger partial charge in [0.05, 0.1) is 18.8 Å². The Bertz CT molecular complexity index is 514. The van der Waals surface area contributed by atoms with Crippen LogP contribution in [0, 0.1) is 0 Å². The number of methoxy groups -OCH3 is 1. The van der Waals surface area contributed by atoms with Crippen molar-refractivity contribution >= 4 is 5.96 Å². The molecule has 2 N–H and O–H groups in total. The zero-order chi connectivity index (χ0) is 19.3. The van der Waals surface area contributed by atoms with Crippen molar-refractivity contribution in [1.82, 2.24) is 20.4 Å².